The SMILES string of the molecule is COc1n[nH]c(NC(=O)c2cc([N+](=O)[O-])ccc2Cl)n1. The fourth-order valence-electron chi connectivity index (χ4n) is 1.37. The average Bonchev–Trinajstić information content (AvgIpc) is 2.86. The maximum Gasteiger partial charge on any atom is 0.336 e. The van der Waals surface area contributed by atoms with Crippen molar-refractivity contribution in [2.75, 3.05) is 12.4 Å². The Hall–Kier alpha value is -2.68. The Balaban J connectivity index is 2.24. The van der Waals surface area contributed by atoms with E-state index in [1.165, 1.54) is 19.2 Å². The molecular formula is C10H8ClN5O4. The molecule has 0 aliphatic carbocycles. The van der Waals surface area contributed by atoms with Crippen LogP contribution in [-0.4, -0.2) is 33.1 Å². The highest BCUT2D eigenvalue weighted by Gasteiger charge is 2.17. The number of halogens is 1. The normalized spacial score (nSPS) is 10.1. The van der Waals surface area contributed by atoms with Crippen molar-refractivity contribution in [3.8, 4) is 6.01 Å². The van der Waals surface area contributed by atoms with Gasteiger partial charge in [-0.25, -0.2) is 5.10 Å². The predicted molar refractivity (Wildman–Crippen MR) is 69.0 cm³/mol. The average molecular weight is 298 g/mol. The van der Waals surface area contributed by atoms with Crippen LogP contribution in [0.4, 0.5) is 11.6 Å². The molecule has 104 valence electrons. The molecule has 1 amide bonds. The third-order valence-corrected chi connectivity index (χ3v) is 2.61. The van der Waals surface area contributed by atoms with E-state index >= 15 is 0 Å². The van der Waals surface area contributed by atoms with Crippen LogP contribution in [0.5, 0.6) is 6.01 Å². The van der Waals surface area contributed by atoms with Crippen LogP contribution in [0.2, 0.25) is 5.02 Å². The molecule has 1 aromatic carbocycles. The lowest BCUT2D eigenvalue weighted by Crippen LogP contribution is -2.14. The van der Waals surface area contributed by atoms with Crippen molar-refractivity contribution in [1.29, 1.82) is 0 Å². The molecule has 0 radical (unpaired) electrons. The molecule has 1 heterocycles. The van der Waals surface area contributed by atoms with E-state index in [0.29, 0.717) is 0 Å². The highest BCUT2D eigenvalue weighted by Crippen LogP contribution is 2.22. The number of rotatable bonds is 4. The van der Waals surface area contributed by atoms with Gasteiger partial charge in [0.25, 0.3) is 11.6 Å². The molecule has 1 aromatic heterocycles. The van der Waals surface area contributed by atoms with Gasteiger partial charge in [0.2, 0.25) is 5.95 Å². The highest BCUT2D eigenvalue weighted by molar-refractivity contribution is 6.34. The van der Waals surface area contributed by atoms with E-state index in [1.807, 2.05) is 0 Å². The van der Waals surface area contributed by atoms with Gasteiger partial charge in [-0.1, -0.05) is 11.6 Å². The number of aromatic nitrogens is 3. The molecule has 2 N–H and O–H groups in total. The monoisotopic (exact) mass is 297 g/mol. The Bertz CT molecular complexity index is 671. The number of amides is 1. The summed E-state index contributed by atoms with van der Waals surface area (Å²) in [4.78, 5) is 25.8. The quantitative estimate of drug-likeness (QED) is 0.653. The summed E-state index contributed by atoms with van der Waals surface area (Å²) in [6, 6.07) is 3.60. The van der Waals surface area contributed by atoms with Crippen molar-refractivity contribution in [2.24, 2.45) is 0 Å². The van der Waals surface area contributed by atoms with Gasteiger partial charge in [0.1, 0.15) is 0 Å². The Morgan fingerprint density at radius 2 is 2.30 bits per heavy atom. The van der Waals surface area contributed by atoms with Crippen LogP contribution >= 0.6 is 11.6 Å². The fraction of sp³-hybridized carbons (Fsp3) is 0.100. The lowest BCUT2D eigenvalue weighted by molar-refractivity contribution is -0.384. The fourth-order valence-corrected chi connectivity index (χ4v) is 1.57. The van der Waals surface area contributed by atoms with Gasteiger partial charge in [-0.3, -0.25) is 20.2 Å². The summed E-state index contributed by atoms with van der Waals surface area (Å²) in [5, 5.41) is 19.2. The first-order chi connectivity index (χ1) is 9.51. The van der Waals surface area contributed by atoms with Crippen molar-refractivity contribution in [3.63, 3.8) is 0 Å². The van der Waals surface area contributed by atoms with Gasteiger partial charge in [-0.05, 0) is 6.07 Å². The van der Waals surface area contributed by atoms with Crippen molar-refractivity contribution in [1.82, 2.24) is 15.2 Å². The minimum absolute atomic E-state index is 0.0365. The number of nitrogens with zero attached hydrogens (tertiary/aromatic N) is 3. The molecule has 0 aliphatic heterocycles. The molecule has 0 saturated heterocycles. The summed E-state index contributed by atoms with van der Waals surface area (Å²) in [5.74, 6) is -0.619. The summed E-state index contributed by atoms with van der Waals surface area (Å²) in [7, 11) is 1.37. The number of H-pyrrole nitrogens is 1. The van der Waals surface area contributed by atoms with Gasteiger partial charge >= 0.3 is 6.01 Å². The van der Waals surface area contributed by atoms with Gasteiger partial charge in [0.15, 0.2) is 0 Å². The van der Waals surface area contributed by atoms with E-state index in [4.69, 9.17) is 16.3 Å². The number of ether oxygens (including phenoxy) is 1. The molecule has 0 spiro atoms. The third kappa shape index (κ3) is 2.83. The first-order valence-corrected chi connectivity index (χ1v) is 5.60. The number of carbonyl (C=O) groups is 1. The Morgan fingerprint density at radius 1 is 1.55 bits per heavy atom. The largest absolute Gasteiger partial charge is 0.466 e. The van der Waals surface area contributed by atoms with E-state index < -0.39 is 10.8 Å². The van der Waals surface area contributed by atoms with Crippen LogP contribution < -0.4 is 10.1 Å². The van der Waals surface area contributed by atoms with E-state index in [2.05, 4.69) is 20.5 Å². The van der Waals surface area contributed by atoms with Crippen LogP contribution in [-0.2, 0) is 0 Å². The summed E-state index contributed by atoms with van der Waals surface area (Å²) >= 11 is 5.84. The second-order valence-electron chi connectivity index (χ2n) is 3.55. The van der Waals surface area contributed by atoms with Crippen molar-refractivity contribution in [2.45, 2.75) is 0 Å². The molecule has 0 unspecified atom stereocenters. The predicted octanol–water partition coefficient (Wildman–Crippen LogP) is 1.63. The second kappa shape index (κ2) is 5.53. The second-order valence-corrected chi connectivity index (χ2v) is 3.95. The molecule has 2 rings (SSSR count). The van der Waals surface area contributed by atoms with Crippen LogP contribution in [0.25, 0.3) is 0 Å². The number of nitro benzene ring substituents is 1. The number of hydrogen-bond donors (Lipinski definition) is 2. The number of non-ortho nitro benzene ring substituents is 1. The zero-order chi connectivity index (χ0) is 14.7. The number of carbonyl (C=O) groups excluding carboxylic acids is 1. The van der Waals surface area contributed by atoms with Crippen LogP contribution in [0.15, 0.2) is 18.2 Å². The van der Waals surface area contributed by atoms with Crippen molar-refractivity contribution < 1.29 is 14.5 Å². The summed E-state index contributed by atoms with van der Waals surface area (Å²) in [6.45, 7) is 0. The number of anilines is 1. The summed E-state index contributed by atoms with van der Waals surface area (Å²) < 4.78 is 4.74. The highest BCUT2D eigenvalue weighted by atomic mass is 35.5. The van der Waals surface area contributed by atoms with E-state index in [9.17, 15) is 14.9 Å². The number of hydrogen-bond acceptors (Lipinski definition) is 6. The molecule has 0 atom stereocenters. The molecular weight excluding hydrogens is 290 g/mol. The molecule has 0 fully saturated rings. The zero-order valence-corrected chi connectivity index (χ0v) is 10.8. The zero-order valence-electron chi connectivity index (χ0n) is 10.1. The lowest BCUT2D eigenvalue weighted by Gasteiger charge is -2.03. The van der Waals surface area contributed by atoms with E-state index in [-0.39, 0.29) is 28.2 Å². The standard InChI is InChI=1S/C10H8ClN5O4/c1-20-10-13-9(14-15-10)12-8(17)6-4-5(16(18)19)2-3-7(6)11/h2-4H,1H3,(H2,12,13,14,15,17). The van der Waals surface area contributed by atoms with Crippen LogP contribution in [0, 0.1) is 10.1 Å². The lowest BCUT2D eigenvalue weighted by atomic mass is 10.2. The molecule has 0 aliphatic rings. The third-order valence-electron chi connectivity index (χ3n) is 2.28. The van der Waals surface area contributed by atoms with Crippen molar-refractivity contribution >= 4 is 29.1 Å². The summed E-state index contributed by atoms with van der Waals surface area (Å²) in [6.07, 6.45) is 0. The minimum atomic E-state index is -0.655. The van der Waals surface area contributed by atoms with E-state index in [1.54, 1.807) is 0 Å². The number of nitro groups is 1. The Kier molecular flexibility index (Phi) is 3.80. The molecule has 0 saturated carbocycles. The molecule has 10 heteroatoms. The number of aromatic amines is 1. The Labute approximate surface area is 117 Å². The molecule has 0 bridgehead atoms. The van der Waals surface area contributed by atoms with Crippen molar-refractivity contribution in [3.05, 3.63) is 38.9 Å². The number of methoxy groups -OCH3 is 1. The number of nitrogens with one attached hydrogen (secondary N) is 2. The first kappa shape index (κ1) is 13.7. The van der Waals surface area contributed by atoms with Gasteiger partial charge in [0.05, 0.1) is 22.6 Å². The number of benzene rings is 1. The van der Waals surface area contributed by atoms with Gasteiger partial charge in [0, 0.05) is 12.1 Å². The Morgan fingerprint density at radius 3 is 2.90 bits per heavy atom. The van der Waals surface area contributed by atoms with E-state index in [0.717, 1.165) is 6.07 Å². The van der Waals surface area contributed by atoms with Crippen LogP contribution in [0.1, 0.15) is 10.4 Å². The topological polar surface area (TPSA) is 123 Å². The van der Waals surface area contributed by atoms with Gasteiger partial charge in [-0.2, -0.15) is 4.98 Å². The van der Waals surface area contributed by atoms with Crippen LogP contribution in [0.3, 0.4) is 0 Å². The molecule has 2 aromatic rings. The maximum absolute atomic E-state index is 12.0. The molecule has 9 nitrogen and oxygen atoms in total. The van der Waals surface area contributed by atoms with Gasteiger partial charge < -0.3 is 4.74 Å². The minimum Gasteiger partial charge on any atom is -0.466 e. The molecule has 20 heavy (non-hydrogen) atoms. The smallest absolute Gasteiger partial charge is 0.336 e. The first-order valence-electron chi connectivity index (χ1n) is 5.23. The van der Waals surface area contributed by atoms with Gasteiger partial charge in [-0.15, -0.1) is 5.10 Å². The maximum atomic E-state index is 12.0. The summed E-state index contributed by atoms with van der Waals surface area (Å²) in [5.41, 5.74) is -0.286.